The largest absolute Gasteiger partial charge is 0.355 e. The molecule has 0 aromatic carbocycles. The Bertz CT molecular complexity index is 119. The minimum atomic E-state index is 0.219. The summed E-state index contributed by atoms with van der Waals surface area (Å²) < 4.78 is 0. The summed E-state index contributed by atoms with van der Waals surface area (Å²) in [4.78, 5) is 2.11. The van der Waals surface area contributed by atoms with Crippen molar-refractivity contribution in [3.63, 3.8) is 0 Å². The zero-order valence-electron chi connectivity index (χ0n) is 7.98. The highest BCUT2D eigenvalue weighted by Gasteiger charge is 2.24. The van der Waals surface area contributed by atoms with Crippen LogP contribution in [0.25, 0.3) is 0 Å². The van der Waals surface area contributed by atoms with Crippen molar-refractivity contribution in [2.75, 3.05) is 6.54 Å². The Balaban J connectivity index is 4.30. The molecule has 0 aliphatic carbocycles. The quantitative estimate of drug-likeness (QED) is 0.463. The first-order valence-corrected chi connectivity index (χ1v) is 4.70. The minimum Gasteiger partial charge on any atom is -0.355 e. The lowest BCUT2D eigenvalue weighted by atomic mass is 9.94. The molecule has 2 heteroatoms. The molecule has 0 aromatic heterocycles. The molecule has 0 amide bonds. The molecular weight excluding hydrogens is 154 g/mol. The molecule has 1 nitrogen and oxygen atoms in total. The van der Waals surface area contributed by atoms with E-state index in [4.69, 9.17) is 12.2 Å². The summed E-state index contributed by atoms with van der Waals surface area (Å²) in [6.45, 7) is 9.69. The SMILES string of the molecule is CCN([C]=S)C(C)(CC)CC. The van der Waals surface area contributed by atoms with E-state index in [9.17, 15) is 0 Å². The van der Waals surface area contributed by atoms with Crippen LogP contribution in [0.2, 0.25) is 0 Å². The Labute approximate surface area is 75.8 Å². The van der Waals surface area contributed by atoms with Crippen LogP contribution in [0.1, 0.15) is 40.5 Å². The molecule has 0 spiro atoms. The van der Waals surface area contributed by atoms with Gasteiger partial charge in [-0.25, -0.2) is 0 Å². The second-order valence-electron chi connectivity index (χ2n) is 3.04. The van der Waals surface area contributed by atoms with Gasteiger partial charge < -0.3 is 4.90 Å². The summed E-state index contributed by atoms with van der Waals surface area (Å²) in [5.74, 6) is 0. The highest BCUT2D eigenvalue weighted by atomic mass is 32.1. The summed E-state index contributed by atoms with van der Waals surface area (Å²) in [6.07, 6.45) is 2.25. The van der Waals surface area contributed by atoms with Crippen LogP contribution in [-0.4, -0.2) is 22.5 Å². The van der Waals surface area contributed by atoms with E-state index < -0.39 is 0 Å². The molecule has 0 saturated carbocycles. The summed E-state index contributed by atoms with van der Waals surface area (Å²) in [6, 6.07) is 0. The lowest BCUT2D eigenvalue weighted by Crippen LogP contribution is -2.43. The van der Waals surface area contributed by atoms with E-state index in [2.05, 4.69) is 38.1 Å². The van der Waals surface area contributed by atoms with E-state index in [1.807, 2.05) is 0 Å². The average Bonchev–Trinajstić information content (AvgIpc) is 2.06. The average molecular weight is 172 g/mol. The Morgan fingerprint density at radius 1 is 1.27 bits per heavy atom. The zero-order valence-corrected chi connectivity index (χ0v) is 8.79. The molecular formula is C9H18NS. The maximum atomic E-state index is 4.83. The van der Waals surface area contributed by atoms with Gasteiger partial charge in [0.15, 0.2) is 0 Å². The van der Waals surface area contributed by atoms with Gasteiger partial charge >= 0.3 is 0 Å². The van der Waals surface area contributed by atoms with Crippen molar-refractivity contribution >= 4 is 17.7 Å². The molecule has 0 heterocycles. The van der Waals surface area contributed by atoms with Gasteiger partial charge in [0.25, 0.3) is 0 Å². The van der Waals surface area contributed by atoms with Gasteiger partial charge in [0.1, 0.15) is 5.49 Å². The summed E-state index contributed by atoms with van der Waals surface area (Å²) in [5.41, 5.74) is 3.03. The van der Waals surface area contributed by atoms with E-state index in [0.717, 1.165) is 19.4 Å². The minimum absolute atomic E-state index is 0.219. The van der Waals surface area contributed by atoms with Gasteiger partial charge in [-0.1, -0.05) is 26.1 Å². The van der Waals surface area contributed by atoms with E-state index in [-0.39, 0.29) is 5.54 Å². The Morgan fingerprint density at radius 2 is 1.73 bits per heavy atom. The summed E-state index contributed by atoms with van der Waals surface area (Å²) in [7, 11) is 0. The van der Waals surface area contributed by atoms with Crippen molar-refractivity contribution < 1.29 is 0 Å². The van der Waals surface area contributed by atoms with Crippen molar-refractivity contribution in [3.05, 3.63) is 0 Å². The normalized spacial score (nSPS) is 11.3. The Hall–Kier alpha value is -0.110. The van der Waals surface area contributed by atoms with Gasteiger partial charge in [-0.3, -0.25) is 0 Å². The number of nitrogens with zero attached hydrogens (tertiary/aromatic N) is 1. The standard InChI is InChI=1S/C9H18NS/c1-5-9(4,6-2)10(7-3)8-11/h5-7H2,1-4H3. The molecule has 1 radical (unpaired) electrons. The van der Waals surface area contributed by atoms with Crippen molar-refractivity contribution in [3.8, 4) is 0 Å². The van der Waals surface area contributed by atoms with E-state index in [1.54, 1.807) is 0 Å². The van der Waals surface area contributed by atoms with Gasteiger partial charge in [-0.15, -0.1) is 0 Å². The Kier molecular flexibility index (Phi) is 4.66. The molecule has 0 bridgehead atoms. The van der Waals surface area contributed by atoms with E-state index in [1.165, 1.54) is 0 Å². The highest BCUT2D eigenvalue weighted by Crippen LogP contribution is 2.21. The van der Waals surface area contributed by atoms with Crippen LogP contribution in [0, 0.1) is 0 Å². The fourth-order valence-corrected chi connectivity index (χ4v) is 1.54. The molecule has 11 heavy (non-hydrogen) atoms. The first-order valence-electron chi connectivity index (χ1n) is 4.30. The van der Waals surface area contributed by atoms with Crippen molar-refractivity contribution in [1.29, 1.82) is 0 Å². The lowest BCUT2D eigenvalue weighted by molar-refractivity contribution is 0.195. The first-order chi connectivity index (χ1) is 5.14. The molecule has 0 unspecified atom stereocenters. The first kappa shape index (κ1) is 10.9. The molecule has 0 N–H and O–H groups in total. The third kappa shape index (κ3) is 2.44. The fraction of sp³-hybridized carbons (Fsp3) is 0.889. The second kappa shape index (κ2) is 4.70. The summed E-state index contributed by atoms with van der Waals surface area (Å²) >= 11 is 4.83. The molecule has 0 saturated heterocycles. The maximum absolute atomic E-state index is 4.83. The van der Waals surface area contributed by atoms with Crippen LogP contribution >= 0.6 is 12.2 Å². The van der Waals surface area contributed by atoms with Gasteiger partial charge in [-0.05, 0) is 26.7 Å². The van der Waals surface area contributed by atoms with Gasteiger partial charge in [-0.2, -0.15) is 0 Å². The fourth-order valence-electron chi connectivity index (χ4n) is 1.19. The molecule has 0 aliphatic rings. The van der Waals surface area contributed by atoms with E-state index in [0.29, 0.717) is 0 Å². The lowest BCUT2D eigenvalue weighted by Gasteiger charge is -2.37. The van der Waals surface area contributed by atoms with Crippen molar-refractivity contribution in [1.82, 2.24) is 4.90 Å². The van der Waals surface area contributed by atoms with Crippen molar-refractivity contribution in [2.24, 2.45) is 0 Å². The van der Waals surface area contributed by atoms with Crippen LogP contribution in [0.15, 0.2) is 0 Å². The van der Waals surface area contributed by atoms with Crippen LogP contribution in [0.3, 0.4) is 0 Å². The molecule has 0 aromatic rings. The monoisotopic (exact) mass is 172 g/mol. The van der Waals surface area contributed by atoms with Crippen LogP contribution < -0.4 is 0 Å². The third-order valence-corrected chi connectivity index (χ3v) is 2.82. The van der Waals surface area contributed by atoms with E-state index >= 15 is 0 Å². The molecule has 0 atom stereocenters. The highest BCUT2D eigenvalue weighted by molar-refractivity contribution is 7.78. The Morgan fingerprint density at radius 3 is 1.82 bits per heavy atom. The molecule has 0 fully saturated rings. The smallest absolute Gasteiger partial charge is 0.137 e. The van der Waals surface area contributed by atoms with Crippen LogP contribution in [-0.2, 0) is 0 Å². The predicted octanol–water partition coefficient (Wildman–Crippen LogP) is 2.72. The van der Waals surface area contributed by atoms with Gasteiger partial charge in [0.2, 0.25) is 0 Å². The second-order valence-corrected chi connectivity index (χ2v) is 3.22. The van der Waals surface area contributed by atoms with Gasteiger partial charge in [0, 0.05) is 12.1 Å². The molecule has 0 aliphatic heterocycles. The maximum Gasteiger partial charge on any atom is 0.137 e. The number of hydrogen-bond donors (Lipinski definition) is 0. The topological polar surface area (TPSA) is 3.24 Å². The molecule has 65 valence electrons. The predicted molar refractivity (Wildman–Crippen MR) is 54.0 cm³/mol. The third-order valence-electron chi connectivity index (χ3n) is 2.60. The van der Waals surface area contributed by atoms with Gasteiger partial charge in [0.05, 0.1) is 0 Å². The molecule has 0 rings (SSSR count). The number of hydrogen-bond acceptors (Lipinski definition) is 1. The zero-order chi connectivity index (χ0) is 8.91. The number of rotatable bonds is 5. The summed E-state index contributed by atoms with van der Waals surface area (Å²) in [5, 5.41) is 0. The van der Waals surface area contributed by atoms with Crippen LogP contribution in [0.4, 0.5) is 0 Å². The van der Waals surface area contributed by atoms with Crippen molar-refractivity contribution in [2.45, 2.75) is 46.1 Å². The number of thiocarbonyl (C=S) groups is 1. The van der Waals surface area contributed by atoms with Crippen LogP contribution in [0.5, 0.6) is 0 Å².